The van der Waals surface area contributed by atoms with Gasteiger partial charge in [0.15, 0.2) is 0 Å². The molecule has 100 valence electrons. The number of nitrogens with zero attached hydrogens (tertiary/aromatic N) is 1. The number of amides is 1. The van der Waals surface area contributed by atoms with Crippen molar-refractivity contribution in [2.24, 2.45) is 5.92 Å². The number of pyridine rings is 1. The summed E-state index contributed by atoms with van der Waals surface area (Å²) in [6.07, 6.45) is 3.43. The molecule has 0 aromatic carbocycles. The largest absolute Gasteiger partial charge is 0.322 e. The van der Waals surface area contributed by atoms with E-state index in [1.165, 1.54) is 6.07 Å². The van der Waals surface area contributed by atoms with Crippen LogP contribution in [0.15, 0.2) is 12.1 Å². The Morgan fingerprint density at radius 1 is 1.39 bits per heavy atom. The molecule has 0 aliphatic heterocycles. The van der Waals surface area contributed by atoms with Crippen molar-refractivity contribution < 1.29 is 13.6 Å². The van der Waals surface area contributed by atoms with Crippen LogP contribution in [0.3, 0.4) is 0 Å². The lowest BCUT2D eigenvalue weighted by atomic mass is 9.98. The Morgan fingerprint density at radius 3 is 2.67 bits per heavy atom. The van der Waals surface area contributed by atoms with Crippen LogP contribution < -0.4 is 5.32 Å². The van der Waals surface area contributed by atoms with E-state index in [0.717, 1.165) is 25.3 Å². The zero-order chi connectivity index (χ0) is 13.5. The first-order chi connectivity index (χ1) is 8.58. The molecule has 1 rings (SSSR count). The van der Waals surface area contributed by atoms with Gasteiger partial charge in [-0.05, 0) is 25.0 Å². The predicted molar refractivity (Wildman–Crippen MR) is 66.1 cm³/mol. The molecule has 0 radical (unpaired) electrons. The van der Waals surface area contributed by atoms with Gasteiger partial charge in [-0.25, -0.2) is 0 Å². The molecule has 0 aliphatic rings. The monoisotopic (exact) mass is 256 g/mol. The highest BCUT2D eigenvalue weighted by atomic mass is 19.1. The van der Waals surface area contributed by atoms with E-state index >= 15 is 0 Å². The molecule has 0 aliphatic carbocycles. The lowest BCUT2D eigenvalue weighted by Crippen LogP contribution is -2.23. The van der Waals surface area contributed by atoms with Crippen molar-refractivity contribution in [3.05, 3.63) is 24.0 Å². The van der Waals surface area contributed by atoms with Crippen LogP contribution in [0.2, 0.25) is 0 Å². The van der Waals surface area contributed by atoms with Crippen LogP contribution in [0.4, 0.5) is 14.5 Å². The number of unbranched alkanes of at least 4 members (excludes halogenated alkanes) is 1. The molecule has 18 heavy (non-hydrogen) atoms. The SMILES string of the molecule is CCCCC(CC)C(=O)Nc1ccc(F)nc1F. The first-order valence-electron chi connectivity index (χ1n) is 6.21. The van der Waals surface area contributed by atoms with Gasteiger partial charge in [0.25, 0.3) is 0 Å². The number of hydrogen-bond acceptors (Lipinski definition) is 2. The van der Waals surface area contributed by atoms with Crippen molar-refractivity contribution in [1.29, 1.82) is 0 Å². The van der Waals surface area contributed by atoms with E-state index in [9.17, 15) is 13.6 Å². The summed E-state index contributed by atoms with van der Waals surface area (Å²) >= 11 is 0. The maximum Gasteiger partial charge on any atom is 0.239 e. The van der Waals surface area contributed by atoms with Gasteiger partial charge in [0.2, 0.25) is 17.8 Å². The van der Waals surface area contributed by atoms with E-state index in [2.05, 4.69) is 10.3 Å². The fraction of sp³-hybridized carbons (Fsp3) is 0.538. The van der Waals surface area contributed by atoms with E-state index in [1.807, 2.05) is 13.8 Å². The molecule has 0 saturated heterocycles. The van der Waals surface area contributed by atoms with Gasteiger partial charge < -0.3 is 5.32 Å². The number of anilines is 1. The average Bonchev–Trinajstić information content (AvgIpc) is 2.34. The van der Waals surface area contributed by atoms with Crippen molar-refractivity contribution in [3.63, 3.8) is 0 Å². The molecule has 0 spiro atoms. The summed E-state index contributed by atoms with van der Waals surface area (Å²) in [5.41, 5.74) is -0.0728. The number of carbonyl (C=O) groups excluding carboxylic acids is 1. The van der Waals surface area contributed by atoms with Gasteiger partial charge in [0.1, 0.15) is 0 Å². The van der Waals surface area contributed by atoms with Gasteiger partial charge in [-0.2, -0.15) is 13.8 Å². The normalized spacial score (nSPS) is 12.2. The molecule has 1 atom stereocenters. The summed E-state index contributed by atoms with van der Waals surface area (Å²) in [5, 5.41) is 2.45. The molecule has 1 N–H and O–H groups in total. The van der Waals surface area contributed by atoms with Crippen LogP contribution >= 0.6 is 0 Å². The molecule has 3 nitrogen and oxygen atoms in total. The quantitative estimate of drug-likeness (QED) is 0.791. The topological polar surface area (TPSA) is 42.0 Å². The predicted octanol–water partition coefficient (Wildman–Crippen LogP) is 3.51. The van der Waals surface area contributed by atoms with E-state index < -0.39 is 11.9 Å². The van der Waals surface area contributed by atoms with Crippen LogP contribution in [0.25, 0.3) is 0 Å². The molecule has 1 amide bonds. The fourth-order valence-corrected chi connectivity index (χ4v) is 1.71. The highest BCUT2D eigenvalue weighted by Crippen LogP contribution is 2.17. The molecule has 0 saturated carbocycles. The van der Waals surface area contributed by atoms with Crippen molar-refractivity contribution in [3.8, 4) is 0 Å². The first-order valence-corrected chi connectivity index (χ1v) is 6.21. The Labute approximate surface area is 106 Å². The van der Waals surface area contributed by atoms with Crippen molar-refractivity contribution in [2.75, 3.05) is 5.32 Å². The van der Waals surface area contributed by atoms with Gasteiger partial charge in [0.05, 0.1) is 5.69 Å². The standard InChI is InChI=1S/C13H18F2N2O/c1-3-5-6-9(4-2)13(18)16-10-7-8-11(14)17-12(10)15/h7-9H,3-6H2,1-2H3,(H,16,18). The summed E-state index contributed by atoms with van der Waals surface area (Å²) in [4.78, 5) is 14.9. The molecule has 5 heteroatoms. The lowest BCUT2D eigenvalue weighted by molar-refractivity contribution is -0.120. The summed E-state index contributed by atoms with van der Waals surface area (Å²) in [6, 6.07) is 2.20. The maximum absolute atomic E-state index is 13.3. The second kappa shape index (κ2) is 7.03. The highest BCUT2D eigenvalue weighted by molar-refractivity contribution is 5.92. The molecule has 1 heterocycles. The van der Waals surface area contributed by atoms with Crippen molar-refractivity contribution >= 4 is 11.6 Å². The van der Waals surface area contributed by atoms with Crippen LogP contribution in [-0.2, 0) is 4.79 Å². The molecule has 1 aromatic rings. The zero-order valence-corrected chi connectivity index (χ0v) is 10.7. The molecule has 0 bridgehead atoms. The van der Waals surface area contributed by atoms with E-state index in [4.69, 9.17) is 0 Å². The van der Waals surface area contributed by atoms with Crippen molar-refractivity contribution in [1.82, 2.24) is 4.98 Å². The Balaban J connectivity index is 2.67. The Morgan fingerprint density at radius 2 is 2.11 bits per heavy atom. The number of aromatic nitrogens is 1. The minimum atomic E-state index is -0.992. The molecule has 1 unspecified atom stereocenters. The number of rotatable bonds is 6. The third-order valence-corrected chi connectivity index (χ3v) is 2.84. The Bertz CT molecular complexity index is 410. The minimum absolute atomic E-state index is 0.0728. The van der Waals surface area contributed by atoms with Gasteiger partial charge in [-0.1, -0.05) is 26.7 Å². The highest BCUT2D eigenvalue weighted by Gasteiger charge is 2.17. The first kappa shape index (κ1) is 14.5. The smallest absolute Gasteiger partial charge is 0.239 e. The van der Waals surface area contributed by atoms with E-state index in [-0.39, 0.29) is 17.5 Å². The Hall–Kier alpha value is -1.52. The van der Waals surface area contributed by atoms with Crippen LogP contribution in [0, 0.1) is 17.8 Å². The maximum atomic E-state index is 13.3. The van der Waals surface area contributed by atoms with Crippen molar-refractivity contribution in [2.45, 2.75) is 39.5 Å². The van der Waals surface area contributed by atoms with E-state index in [0.29, 0.717) is 6.42 Å². The summed E-state index contributed by atoms with van der Waals surface area (Å²) in [7, 11) is 0. The zero-order valence-electron chi connectivity index (χ0n) is 10.7. The number of nitrogens with one attached hydrogen (secondary N) is 1. The molecular formula is C13H18F2N2O. The van der Waals surface area contributed by atoms with E-state index in [1.54, 1.807) is 0 Å². The third-order valence-electron chi connectivity index (χ3n) is 2.84. The lowest BCUT2D eigenvalue weighted by Gasteiger charge is -2.14. The van der Waals surface area contributed by atoms with Gasteiger partial charge in [-0.3, -0.25) is 4.79 Å². The van der Waals surface area contributed by atoms with Gasteiger partial charge >= 0.3 is 0 Å². The Kier molecular flexibility index (Phi) is 5.68. The van der Waals surface area contributed by atoms with Gasteiger partial charge in [-0.15, -0.1) is 0 Å². The van der Waals surface area contributed by atoms with Crippen LogP contribution in [-0.4, -0.2) is 10.9 Å². The second-order valence-corrected chi connectivity index (χ2v) is 4.21. The van der Waals surface area contributed by atoms with Crippen LogP contribution in [0.1, 0.15) is 39.5 Å². The molecule has 1 aromatic heterocycles. The number of carbonyl (C=O) groups is 1. The fourth-order valence-electron chi connectivity index (χ4n) is 1.71. The van der Waals surface area contributed by atoms with Gasteiger partial charge in [0, 0.05) is 5.92 Å². The van der Waals surface area contributed by atoms with Crippen LogP contribution in [0.5, 0.6) is 0 Å². The molecular weight excluding hydrogens is 238 g/mol. The summed E-state index contributed by atoms with van der Waals surface area (Å²) < 4.78 is 25.9. The summed E-state index contributed by atoms with van der Waals surface area (Å²) in [6.45, 7) is 3.97. The average molecular weight is 256 g/mol. The third kappa shape index (κ3) is 4.05. The number of hydrogen-bond donors (Lipinski definition) is 1. The summed E-state index contributed by atoms with van der Waals surface area (Å²) in [5.74, 6) is -2.27. The molecule has 0 fully saturated rings. The second-order valence-electron chi connectivity index (χ2n) is 4.21. The minimum Gasteiger partial charge on any atom is -0.322 e. The number of halogens is 2.